The third-order valence-corrected chi connectivity index (χ3v) is 2.82. The van der Waals surface area contributed by atoms with E-state index in [0.717, 1.165) is 21.4 Å². The molecule has 1 heterocycles. The molecule has 5 heteroatoms. The van der Waals surface area contributed by atoms with Crippen LogP contribution in [0.1, 0.15) is 11.5 Å². The molecule has 0 saturated heterocycles. The van der Waals surface area contributed by atoms with Crippen LogP contribution in [-0.2, 0) is 11.2 Å². The molecule has 18 heavy (non-hydrogen) atoms. The summed E-state index contributed by atoms with van der Waals surface area (Å²) in [5.41, 5.74) is 2.43. The molecule has 1 N–H and O–H groups in total. The summed E-state index contributed by atoms with van der Waals surface area (Å²) in [7, 11) is 0. The van der Waals surface area contributed by atoms with Crippen LogP contribution in [-0.4, -0.2) is 21.0 Å². The van der Waals surface area contributed by atoms with Crippen molar-refractivity contribution in [2.24, 2.45) is 0 Å². The van der Waals surface area contributed by atoms with Gasteiger partial charge in [0.1, 0.15) is 12.2 Å². The number of halogens is 1. The van der Waals surface area contributed by atoms with Gasteiger partial charge in [-0.25, -0.2) is 9.97 Å². The quantitative estimate of drug-likeness (QED) is 0.947. The third kappa shape index (κ3) is 3.13. The molecule has 0 spiro atoms. The van der Waals surface area contributed by atoms with Crippen molar-refractivity contribution < 1.29 is 9.90 Å². The Morgan fingerprint density at radius 1 is 1.33 bits per heavy atom. The fraction of sp³-hybridized carbons (Fsp3) is 0.154. The molecule has 1 aromatic carbocycles. The van der Waals surface area contributed by atoms with Gasteiger partial charge in [-0.3, -0.25) is 4.79 Å². The van der Waals surface area contributed by atoms with Crippen LogP contribution in [0.4, 0.5) is 0 Å². The number of carbonyl (C=O) groups is 1. The second-order valence-corrected chi connectivity index (χ2v) is 4.81. The average molecular weight is 307 g/mol. The molecule has 2 aromatic rings. The van der Waals surface area contributed by atoms with Crippen molar-refractivity contribution in [3.63, 3.8) is 0 Å². The van der Waals surface area contributed by atoms with Crippen LogP contribution in [0.2, 0.25) is 0 Å². The van der Waals surface area contributed by atoms with E-state index >= 15 is 0 Å². The van der Waals surface area contributed by atoms with Gasteiger partial charge in [0, 0.05) is 15.7 Å². The van der Waals surface area contributed by atoms with Crippen molar-refractivity contribution in [1.29, 1.82) is 0 Å². The van der Waals surface area contributed by atoms with Gasteiger partial charge < -0.3 is 5.11 Å². The first-order valence-corrected chi connectivity index (χ1v) is 6.16. The Labute approximate surface area is 113 Å². The predicted octanol–water partition coefficient (Wildman–Crippen LogP) is 2.84. The number of carboxylic acid groups (broad SMARTS) is 1. The maximum Gasteiger partial charge on any atom is 0.311 e. The van der Waals surface area contributed by atoms with E-state index in [-0.39, 0.29) is 6.42 Å². The zero-order valence-corrected chi connectivity index (χ0v) is 11.3. The van der Waals surface area contributed by atoms with E-state index in [1.54, 1.807) is 0 Å². The Bertz CT molecular complexity index is 599. The highest BCUT2D eigenvalue weighted by molar-refractivity contribution is 9.10. The number of hydrogen-bond donors (Lipinski definition) is 1. The Balaban J connectivity index is 2.44. The number of hydrogen-bond acceptors (Lipinski definition) is 3. The topological polar surface area (TPSA) is 63.1 Å². The van der Waals surface area contributed by atoms with Crippen molar-refractivity contribution >= 4 is 21.9 Å². The van der Waals surface area contributed by atoms with E-state index in [9.17, 15) is 4.79 Å². The van der Waals surface area contributed by atoms with Gasteiger partial charge in [0.25, 0.3) is 0 Å². The predicted molar refractivity (Wildman–Crippen MR) is 71.2 cm³/mol. The smallest absolute Gasteiger partial charge is 0.311 e. The Morgan fingerprint density at radius 3 is 2.78 bits per heavy atom. The van der Waals surface area contributed by atoms with E-state index in [2.05, 4.69) is 25.9 Å². The average Bonchev–Trinajstić information content (AvgIpc) is 2.27. The van der Waals surface area contributed by atoms with Crippen LogP contribution in [0.5, 0.6) is 0 Å². The van der Waals surface area contributed by atoms with Crippen molar-refractivity contribution in [2.75, 3.05) is 0 Å². The fourth-order valence-corrected chi connectivity index (χ4v) is 2.04. The minimum Gasteiger partial charge on any atom is -0.481 e. The molecule has 0 bridgehead atoms. The maximum absolute atomic E-state index is 10.7. The lowest BCUT2D eigenvalue weighted by molar-refractivity contribution is -0.136. The number of rotatable bonds is 3. The van der Waals surface area contributed by atoms with Gasteiger partial charge in [-0.15, -0.1) is 0 Å². The zero-order valence-electron chi connectivity index (χ0n) is 9.72. The van der Waals surface area contributed by atoms with E-state index in [0.29, 0.717) is 5.82 Å². The lowest BCUT2D eigenvalue weighted by Gasteiger charge is -2.05. The normalized spacial score (nSPS) is 10.3. The summed E-state index contributed by atoms with van der Waals surface area (Å²) in [4.78, 5) is 19.1. The highest BCUT2D eigenvalue weighted by atomic mass is 79.9. The molecule has 92 valence electrons. The highest BCUT2D eigenvalue weighted by Crippen LogP contribution is 2.21. The maximum atomic E-state index is 10.7. The summed E-state index contributed by atoms with van der Waals surface area (Å²) in [6.45, 7) is 1.83. The monoisotopic (exact) mass is 306 g/mol. The molecular formula is C13H11BrN2O2. The molecule has 4 nitrogen and oxygen atoms in total. The Hall–Kier alpha value is -1.75. The molecule has 0 radical (unpaired) electrons. The standard InChI is InChI=1S/C13H11BrN2O2/c1-8-5-11(9-3-2-4-10(14)6-9)16-12(15-8)7-13(17)18/h2-6H,7H2,1H3,(H,17,18). The largest absolute Gasteiger partial charge is 0.481 e. The molecule has 2 rings (SSSR count). The Kier molecular flexibility index (Phi) is 3.72. The van der Waals surface area contributed by atoms with Crippen molar-refractivity contribution in [3.05, 3.63) is 46.3 Å². The Morgan fingerprint density at radius 2 is 2.11 bits per heavy atom. The minimum absolute atomic E-state index is 0.164. The van der Waals surface area contributed by atoms with Crippen LogP contribution in [0, 0.1) is 6.92 Å². The van der Waals surface area contributed by atoms with Crippen molar-refractivity contribution in [3.8, 4) is 11.3 Å². The van der Waals surface area contributed by atoms with Gasteiger partial charge in [0.15, 0.2) is 0 Å². The van der Waals surface area contributed by atoms with Crippen LogP contribution >= 0.6 is 15.9 Å². The van der Waals surface area contributed by atoms with Gasteiger partial charge >= 0.3 is 5.97 Å². The number of aliphatic carboxylic acids is 1. The second kappa shape index (κ2) is 5.27. The van der Waals surface area contributed by atoms with Gasteiger partial charge in [-0.05, 0) is 25.1 Å². The highest BCUT2D eigenvalue weighted by Gasteiger charge is 2.08. The van der Waals surface area contributed by atoms with Crippen LogP contribution < -0.4 is 0 Å². The summed E-state index contributed by atoms with van der Waals surface area (Å²) >= 11 is 3.40. The van der Waals surface area contributed by atoms with E-state index in [1.807, 2.05) is 37.3 Å². The number of benzene rings is 1. The molecule has 0 saturated carbocycles. The van der Waals surface area contributed by atoms with Gasteiger partial charge in [-0.2, -0.15) is 0 Å². The molecule has 0 aliphatic carbocycles. The molecule has 0 amide bonds. The summed E-state index contributed by atoms with van der Waals surface area (Å²) in [5, 5.41) is 8.78. The first-order chi connectivity index (χ1) is 8.54. The van der Waals surface area contributed by atoms with E-state index < -0.39 is 5.97 Å². The molecule has 0 aliphatic heterocycles. The van der Waals surface area contributed by atoms with Crippen molar-refractivity contribution in [1.82, 2.24) is 9.97 Å². The molecular weight excluding hydrogens is 296 g/mol. The SMILES string of the molecule is Cc1cc(-c2cccc(Br)c2)nc(CC(=O)O)n1. The summed E-state index contributed by atoms with van der Waals surface area (Å²) in [5.74, 6) is -0.599. The van der Waals surface area contributed by atoms with Gasteiger partial charge in [0.05, 0.1) is 5.69 Å². The molecule has 0 unspecified atom stereocenters. The number of aryl methyl sites for hydroxylation is 1. The molecule has 0 atom stereocenters. The van der Waals surface area contributed by atoms with Crippen molar-refractivity contribution in [2.45, 2.75) is 13.3 Å². The first kappa shape index (κ1) is 12.7. The molecule has 0 fully saturated rings. The summed E-state index contributed by atoms with van der Waals surface area (Å²) < 4.78 is 0.955. The summed E-state index contributed by atoms with van der Waals surface area (Å²) in [6, 6.07) is 9.54. The minimum atomic E-state index is -0.930. The third-order valence-electron chi connectivity index (χ3n) is 2.33. The molecule has 0 aliphatic rings. The molecule has 1 aromatic heterocycles. The van der Waals surface area contributed by atoms with E-state index in [4.69, 9.17) is 5.11 Å². The van der Waals surface area contributed by atoms with Crippen LogP contribution in [0.15, 0.2) is 34.8 Å². The number of aromatic nitrogens is 2. The lowest BCUT2D eigenvalue weighted by atomic mass is 10.1. The lowest BCUT2D eigenvalue weighted by Crippen LogP contribution is -2.06. The number of nitrogens with zero attached hydrogens (tertiary/aromatic N) is 2. The van der Waals surface area contributed by atoms with Crippen LogP contribution in [0.3, 0.4) is 0 Å². The first-order valence-electron chi connectivity index (χ1n) is 5.37. The van der Waals surface area contributed by atoms with Crippen LogP contribution in [0.25, 0.3) is 11.3 Å². The zero-order chi connectivity index (χ0) is 13.1. The van der Waals surface area contributed by atoms with Gasteiger partial charge in [-0.1, -0.05) is 28.1 Å². The fourth-order valence-electron chi connectivity index (χ4n) is 1.64. The summed E-state index contributed by atoms with van der Waals surface area (Å²) in [6.07, 6.45) is -0.164. The van der Waals surface area contributed by atoms with E-state index in [1.165, 1.54) is 0 Å². The van der Waals surface area contributed by atoms with Gasteiger partial charge in [0.2, 0.25) is 0 Å². The number of carboxylic acids is 1. The second-order valence-electron chi connectivity index (χ2n) is 3.89.